The summed E-state index contributed by atoms with van der Waals surface area (Å²) in [4.78, 5) is 31.8. The van der Waals surface area contributed by atoms with Crippen LogP contribution in [-0.4, -0.2) is 69.8 Å². The number of fused-ring (bicyclic) bond motifs is 3. The van der Waals surface area contributed by atoms with E-state index in [0.717, 1.165) is 24.8 Å². The van der Waals surface area contributed by atoms with Crippen molar-refractivity contribution in [2.45, 2.75) is 62.4 Å². The minimum Gasteiger partial charge on any atom is -0.330 e. The van der Waals surface area contributed by atoms with Gasteiger partial charge >= 0.3 is 0 Å². The smallest absolute Gasteiger partial charge is 0.242 e. The van der Waals surface area contributed by atoms with Crippen LogP contribution in [0.25, 0.3) is 0 Å². The molecule has 7 atom stereocenters. The van der Waals surface area contributed by atoms with Crippen LogP contribution in [0.4, 0.5) is 0 Å². The Hall–Kier alpha value is -2.94. The van der Waals surface area contributed by atoms with Crippen molar-refractivity contribution in [3.63, 3.8) is 0 Å². The number of likely N-dealkylation sites (tertiary alicyclic amines) is 3. The highest BCUT2D eigenvalue weighted by atomic mass is 16.2. The van der Waals surface area contributed by atoms with Crippen LogP contribution < -0.4 is 5.73 Å². The molecule has 31 heavy (non-hydrogen) atoms. The Bertz CT molecular complexity index is 1010. The molecule has 1 unspecified atom stereocenters. The Balaban J connectivity index is 1.24. The van der Waals surface area contributed by atoms with E-state index in [-0.39, 0.29) is 42.0 Å². The summed E-state index contributed by atoms with van der Waals surface area (Å²) in [6.07, 6.45) is 2.47. The molecule has 1 saturated carbocycles. The lowest BCUT2D eigenvalue weighted by Gasteiger charge is -2.38. The van der Waals surface area contributed by atoms with Gasteiger partial charge in [0.15, 0.2) is 0 Å². The summed E-state index contributed by atoms with van der Waals surface area (Å²) in [6.45, 7) is 3.02. The first-order chi connectivity index (χ1) is 14.9. The number of nitriles is 2. The van der Waals surface area contributed by atoms with E-state index in [2.05, 4.69) is 12.1 Å². The van der Waals surface area contributed by atoms with Gasteiger partial charge in [0.1, 0.15) is 6.04 Å². The molecule has 0 spiro atoms. The molecule has 2 amide bonds. The van der Waals surface area contributed by atoms with Crippen LogP contribution in [0.15, 0.2) is 24.3 Å². The van der Waals surface area contributed by atoms with Crippen molar-refractivity contribution >= 4 is 11.8 Å². The molecule has 160 valence electrons. The molecule has 0 radical (unpaired) electrons. The minimum absolute atomic E-state index is 0.0593. The number of carbonyl (C=O) groups is 2. The maximum atomic E-state index is 13.2. The van der Waals surface area contributed by atoms with Gasteiger partial charge in [0, 0.05) is 25.2 Å². The fourth-order valence-corrected chi connectivity index (χ4v) is 5.84. The number of hydrogen-bond donors (Lipinski definition) is 1. The maximum Gasteiger partial charge on any atom is 0.242 e. The Labute approximate surface area is 181 Å². The molecular formula is C23H26N6O2. The molecular weight excluding hydrogens is 392 g/mol. The summed E-state index contributed by atoms with van der Waals surface area (Å²) in [6, 6.07) is 10.6. The van der Waals surface area contributed by atoms with Gasteiger partial charge in [-0.25, -0.2) is 0 Å². The van der Waals surface area contributed by atoms with Gasteiger partial charge in [-0.15, -0.1) is 0 Å². The SMILES string of the molecule is C[C@H](c1cccc(C#N)c1)N1C(=O)[C@@H]2CC1CN2C[C@H](N)C(=O)N1[C@H](C#N)C[C@@H]2C[C@@H]21. The maximum absolute atomic E-state index is 13.2. The van der Waals surface area contributed by atoms with E-state index in [4.69, 9.17) is 11.0 Å². The quantitative estimate of drug-likeness (QED) is 0.754. The largest absolute Gasteiger partial charge is 0.330 e. The third-order valence-electron chi connectivity index (χ3n) is 7.49. The highest BCUT2D eigenvalue weighted by Gasteiger charge is 2.56. The van der Waals surface area contributed by atoms with Crippen molar-refractivity contribution in [2.24, 2.45) is 11.7 Å². The number of hydrogen-bond acceptors (Lipinski definition) is 6. The zero-order chi connectivity index (χ0) is 21.9. The molecule has 0 aromatic heterocycles. The minimum atomic E-state index is -0.722. The lowest BCUT2D eigenvalue weighted by Crippen LogP contribution is -2.57. The van der Waals surface area contributed by atoms with Crippen molar-refractivity contribution < 1.29 is 9.59 Å². The number of carbonyl (C=O) groups excluding carboxylic acids is 2. The molecule has 8 nitrogen and oxygen atoms in total. The number of amides is 2. The van der Waals surface area contributed by atoms with E-state index in [1.807, 2.05) is 34.9 Å². The van der Waals surface area contributed by atoms with Gasteiger partial charge in [-0.05, 0) is 49.8 Å². The third kappa shape index (κ3) is 3.18. The average Bonchev–Trinajstić information content (AvgIpc) is 3.11. The van der Waals surface area contributed by atoms with Crippen LogP contribution in [0.5, 0.6) is 0 Å². The normalized spacial score (nSPS) is 33.0. The van der Waals surface area contributed by atoms with Gasteiger partial charge < -0.3 is 15.5 Å². The summed E-state index contributed by atoms with van der Waals surface area (Å²) in [7, 11) is 0. The molecule has 4 fully saturated rings. The molecule has 3 heterocycles. The topological polar surface area (TPSA) is 117 Å². The summed E-state index contributed by atoms with van der Waals surface area (Å²) < 4.78 is 0. The summed E-state index contributed by atoms with van der Waals surface area (Å²) in [5.74, 6) is 0.356. The second-order valence-electron chi connectivity index (χ2n) is 9.31. The highest BCUT2D eigenvalue weighted by Crippen LogP contribution is 2.48. The number of piperazine rings is 1. The first kappa shape index (κ1) is 20.0. The molecule has 2 N–H and O–H groups in total. The average molecular weight is 419 g/mol. The van der Waals surface area contributed by atoms with Crippen molar-refractivity contribution in [1.29, 1.82) is 10.5 Å². The first-order valence-electron chi connectivity index (χ1n) is 11.0. The second-order valence-corrected chi connectivity index (χ2v) is 9.31. The van der Waals surface area contributed by atoms with E-state index in [0.29, 0.717) is 24.6 Å². The zero-order valence-electron chi connectivity index (χ0n) is 17.5. The van der Waals surface area contributed by atoms with Crippen molar-refractivity contribution in [3.05, 3.63) is 35.4 Å². The summed E-state index contributed by atoms with van der Waals surface area (Å²) in [5, 5.41) is 18.5. The molecule has 8 heteroatoms. The lowest BCUT2D eigenvalue weighted by atomic mass is 10.0. The van der Waals surface area contributed by atoms with Gasteiger partial charge in [-0.3, -0.25) is 14.5 Å². The number of benzene rings is 1. The van der Waals surface area contributed by atoms with E-state index >= 15 is 0 Å². The van der Waals surface area contributed by atoms with Gasteiger partial charge in [0.25, 0.3) is 0 Å². The van der Waals surface area contributed by atoms with E-state index < -0.39 is 6.04 Å². The van der Waals surface area contributed by atoms with Crippen LogP contribution in [0.1, 0.15) is 43.4 Å². The van der Waals surface area contributed by atoms with Gasteiger partial charge in [0.05, 0.1) is 35.8 Å². The molecule has 1 aromatic rings. The monoisotopic (exact) mass is 418 g/mol. The van der Waals surface area contributed by atoms with Gasteiger partial charge in [-0.1, -0.05) is 12.1 Å². The number of nitrogens with two attached hydrogens (primary N) is 1. The van der Waals surface area contributed by atoms with E-state index in [1.54, 1.807) is 11.0 Å². The van der Waals surface area contributed by atoms with Gasteiger partial charge in [-0.2, -0.15) is 10.5 Å². The molecule has 5 rings (SSSR count). The van der Waals surface area contributed by atoms with Crippen molar-refractivity contribution in [2.75, 3.05) is 13.1 Å². The number of rotatable bonds is 5. The van der Waals surface area contributed by atoms with Crippen LogP contribution in [0, 0.1) is 28.6 Å². The third-order valence-corrected chi connectivity index (χ3v) is 7.49. The second kappa shape index (κ2) is 7.33. The van der Waals surface area contributed by atoms with E-state index in [9.17, 15) is 14.9 Å². The fraction of sp³-hybridized carbons (Fsp3) is 0.565. The highest BCUT2D eigenvalue weighted by molar-refractivity contribution is 5.87. The van der Waals surface area contributed by atoms with Crippen molar-refractivity contribution in [3.8, 4) is 12.1 Å². The van der Waals surface area contributed by atoms with Crippen LogP contribution >= 0.6 is 0 Å². The molecule has 2 bridgehead atoms. The van der Waals surface area contributed by atoms with Crippen LogP contribution in [-0.2, 0) is 9.59 Å². The number of nitrogens with zero attached hydrogens (tertiary/aromatic N) is 5. The number of piperidine rings is 1. The Kier molecular flexibility index (Phi) is 4.73. The zero-order valence-corrected chi connectivity index (χ0v) is 17.5. The predicted octanol–water partition coefficient (Wildman–Crippen LogP) is 0.745. The van der Waals surface area contributed by atoms with E-state index in [1.165, 1.54) is 0 Å². The van der Waals surface area contributed by atoms with Gasteiger partial charge in [0.2, 0.25) is 11.8 Å². The van der Waals surface area contributed by atoms with Crippen molar-refractivity contribution in [1.82, 2.24) is 14.7 Å². The standard InChI is InChI=1S/C23H26N6O2/c1-13(15-4-2-3-14(5-15)9-24)28-18-8-21(23(28)31)27(11-18)12-19(26)22(30)29-17(10-25)6-16-7-20(16)29/h2-5,13,16-21H,6-8,11-12,26H2,1H3/t13-,16-,17+,18?,19+,20+,21+/m1/s1. The molecule has 1 aromatic carbocycles. The fourth-order valence-electron chi connectivity index (χ4n) is 5.84. The lowest BCUT2D eigenvalue weighted by molar-refractivity contribution is -0.141. The Morgan fingerprint density at radius 1 is 1.29 bits per heavy atom. The summed E-state index contributed by atoms with van der Waals surface area (Å²) in [5.41, 5.74) is 7.81. The van der Waals surface area contributed by atoms with Crippen LogP contribution in [0.2, 0.25) is 0 Å². The first-order valence-corrected chi connectivity index (χ1v) is 11.0. The molecule has 4 aliphatic rings. The Morgan fingerprint density at radius 2 is 2.10 bits per heavy atom. The summed E-state index contributed by atoms with van der Waals surface area (Å²) >= 11 is 0. The van der Waals surface area contributed by atoms with Crippen LogP contribution in [0.3, 0.4) is 0 Å². The Morgan fingerprint density at radius 3 is 2.81 bits per heavy atom. The molecule has 3 saturated heterocycles. The molecule has 1 aliphatic carbocycles. The molecule has 3 aliphatic heterocycles. The predicted molar refractivity (Wildman–Crippen MR) is 111 cm³/mol.